The molecule has 3 aromatic rings. The van der Waals surface area contributed by atoms with Crippen molar-refractivity contribution in [2.45, 2.75) is 6.54 Å². The van der Waals surface area contributed by atoms with Gasteiger partial charge in [-0.25, -0.2) is 5.10 Å². The van der Waals surface area contributed by atoms with Gasteiger partial charge in [-0.1, -0.05) is 42.5 Å². The summed E-state index contributed by atoms with van der Waals surface area (Å²) < 4.78 is 0. The van der Waals surface area contributed by atoms with E-state index in [4.69, 9.17) is 0 Å². The van der Waals surface area contributed by atoms with Crippen LogP contribution in [0.2, 0.25) is 0 Å². The van der Waals surface area contributed by atoms with Gasteiger partial charge >= 0.3 is 0 Å². The van der Waals surface area contributed by atoms with Crippen molar-refractivity contribution in [3.8, 4) is 0 Å². The maximum absolute atomic E-state index is 12.0. The fourth-order valence-corrected chi connectivity index (χ4v) is 2.92. The summed E-state index contributed by atoms with van der Waals surface area (Å²) in [5, 5.41) is 9.61. The van der Waals surface area contributed by atoms with E-state index in [1.54, 1.807) is 0 Å². The Labute approximate surface area is 137 Å². The summed E-state index contributed by atoms with van der Waals surface area (Å²) in [7, 11) is 0. The van der Waals surface area contributed by atoms with Crippen LogP contribution in [-0.4, -0.2) is 16.5 Å². The SMILES string of the molecule is O=Cc1c2c(n[nH]c1=O)Nc1ccccc1N2Cc1ccccc1. The van der Waals surface area contributed by atoms with Crippen LogP contribution in [0.3, 0.4) is 0 Å². The molecule has 0 fully saturated rings. The van der Waals surface area contributed by atoms with Gasteiger partial charge in [-0.3, -0.25) is 9.59 Å². The van der Waals surface area contributed by atoms with E-state index in [0.717, 1.165) is 16.9 Å². The molecule has 1 aliphatic heterocycles. The molecule has 6 heteroatoms. The summed E-state index contributed by atoms with van der Waals surface area (Å²) in [5.41, 5.74) is 2.90. The van der Waals surface area contributed by atoms with Crippen LogP contribution in [-0.2, 0) is 6.54 Å². The molecule has 24 heavy (non-hydrogen) atoms. The summed E-state index contributed by atoms with van der Waals surface area (Å²) in [6.07, 6.45) is 0.576. The van der Waals surface area contributed by atoms with Gasteiger partial charge in [0.25, 0.3) is 5.56 Å². The van der Waals surface area contributed by atoms with E-state index in [9.17, 15) is 9.59 Å². The summed E-state index contributed by atoms with van der Waals surface area (Å²) in [4.78, 5) is 25.5. The number of para-hydroxylation sites is 2. The van der Waals surface area contributed by atoms with Crippen molar-refractivity contribution in [1.82, 2.24) is 10.2 Å². The quantitative estimate of drug-likeness (QED) is 0.726. The molecule has 0 radical (unpaired) electrons. The van der Waals surface area contributed by atoms with E-state index in [2.05, 4.69) is 15.5 Å². The fourth-order valence-electron chi connectivity index (χ4n) is 2.92. The number of benzene rings is 2. The van der Waals surface area contributed by atoms with Gasteiger partial charge in [-0.05, 0) is 17.7 Å². The summed E-state index contributed by atoms with van der Waals surface area (Å²) in [6, 6.07) is 17.6. The zero-order valence-corrected chi connectivity index (χ0v) is 12.7. The lowest BCUT2D eigenvalue weighted by atomic mass is 10.1. The number of hydrogen-bond acceptors (Lipinski definition) is 5. The highest BCUT2D eigenvalue weighted by molar-refractivity contribution is 5.97. The Bertz CT molecular complexity index is 966. The highest BCUT2D eigenvalue weighted by Crippen LogP contribution is 2.43. The maximum atomic E-state index is 12.0. The van der Waals surface area contributed by atoms with Crippen molar-refractivity contribution in [1.29, 1.82) is 0 Å². The molecule has 2 aromatic carbocycles. The van der Waals surface area contributed by atoms with E-state index in [1.165, 1.54) is 0 Å². The van der Waals surface area contributed by atoms with E-state index in [0.29, 0.717) is 24.3 Å². The predicted octanol–water partition coefficient (Wildman–Crippen LogP) is 2.98. The Morgan fingerprint density at radius 3 is 2.58 bits per heavy atom. The van der Waals surface area contributed by atoms with Gasteiger partial charge in [-0.15, -0.1) is 0 Å². The van der Waals surface area contributed by atoms with Crippen LogP contribution in [0.5, 0.6) is 0 Å². The van der Waals surface area contributed by atoms with Crippen molar-refractivity contribution in [3.05, 3.63) is 76.1 Å². The first kappa shape index (κ1) is 14.2. The number of aldehydes is 1. The standard InChI is InChI=1S/C18H14N4O2/c23-11-13-16-17(20-21-18(13)24)19-14-8-4-5-9-15(14)22(16)10-12-6-2-1-3-7-12/h1-9,11H,10H2,(H,19,20)(H,21,24). The molecule has 118 valence electrons. The number of aromatic nitrogens is 2. The van der Waals surface area contributed by atoms with Gasteiger partial charge < -0.3 is 10.2 Å². The molecule has 0 spiro atoms. The number of aromatic amines is 1. The van der Waals surface area contributed by atoms with Gasteiger partial charge in [0.15, 0.2) is 12.1 Å². The number of H-pyrrole nitrogens is 1. The smallest absolute Gasteiger partial charge is 0.277 e. The zero-order chi connectivity index (χ0) is 16.5. The van der Waals surface area contributed by atoms with E-state index < -0.39 is 5.56 Å². The third-order valence-electron chi connectivity index (χ3n) is 4.01. The molecule has 0 bridgehead atoms. The predicted molar refractivity (Wildman–Crippen MR) is 92.3 cm³/mol. The molecule has 0 saturated heterocycles. The van der Waals surface area contributed by atoms with Crippen molar-refractivity contribution in [3.63, 3.8) is 0 Å². The minimum Gasteiger partial charge on any atom is -0.335 e. The molecule has 0 atom stereocenters. The average Bonchev–Trinajstić information content (AvgIpc) is 2.63. The van der Waals surface area contributed by atoms with Crippen LogP contribution >= 0.6 is 0 Å². The lowest BCUT2D eigenvalue weighted by Crippen LogP contribution is -2.28. The van der Waals surface area contributed by atoms with Crippen molar-refractivity contribution >= 4 is 29.2 Å². The van der Waals surface area contributed by atoms with Crippen LogP contribution in [0, 0.1) is 0 Å². The summed E-state index contributed by atoms with van der Waals surface area (Å²) in [6.45, 7) is 0.526. The average molecular weight is 318 g/mol. The molecule has 0 amide bonds. The Balaban J connectivity index is 1.93. The summed E-state index contributed by atoms with van der Waals surface area (Å²) >= 11 is 0. The van der Waals surface area contributed by atoms with E-state index in [1.807, 2.05) is 59.5 Å². The van der Waals surface area contributed by atoms with Crippen LogP contribution in [0.1, 0.15) is 15.9 Å². The third-order valence-corrected chi connectivity index (χ3v) is 4.01. The number of hydrogen-bond donors (Lipinski definition) is 2. The molecule has 1 aliphatic rings. The number of nitrogens with one attached hydrogen (secondary N) is 2. The third kappa shape index (κ3) is 2.25. The molecule has 2 heterocycles. The van der Waals surface area contributed by atoms with Gasteiger partial charge in [0, 0.05) is 6.54 Å². The molecule has 4 rings (SSSR count). The number of nitrogens with zero attached hydrogens (tertiary/aromatic N) is 2. The second-order valence-electron chi connectivity index (χ2n) is 5.50. The van der Waals surface area contributed by atoms with Crippen molar-refractivity contribution in [2.75, 3.05) is 10.2 Å². The molecule has 0 aliphatic carbocycles. The molecule has 0 saturated carbocycles. The number of carbonyl (C=O) groups is 1. The van der Waals surface area contributed by atoms with Crippen LogP contribution < -0.4 is 15.8 Å². The molecule has 6 nitrogen and oxygen atoms in total. The largest absolute Gasteiger partial charge is 0.335 e. The number of anilines is 4. The normalized spacial score (nSPS) is 12.1. The Morgan fingerprint density at radius 1 is 1.04 bits per heavy atom. The molecular formula is C18H14N4O2. The second-order valence-corrected chi connectivity index (χ2v) is 5.50. The first-order valence-electron chi connectivity index (χ1n) is 7.53. The van der Waals surface area contributed by atoms with Gasteiger partial charge in [0.05, 0.1) is 11.4 Å². The fraction of sp³-hybridized carbons (Fsp3) is 0.0556. The number of rotatable bonds is 3. The molecule has 0 unspecified atom stereocenters. The minimum absolute atomic E-state index is 0.0675. The van der Waals surface area contributed by atoms with E-state index in [-0.39, 0.29) is 5.56 Å². The number of carbonyl (C=O) groups excluding carboxylic acids is 1. The monoisotopic (exact) mass is 318 g/mol. The van der Waals surface area contributed by atoms with E-state index >= 15 is 0 Å². The van der Waals surface area contributed by atoms with Gasteiger partial charge in [-0.2, -0.15) is 5.10 Å². The minimum atomic E-state index is -0.497. The summed E-state index contributed by atoms with van der Waals surface area (Å²) in [5.74, 6) is 0.464. The van der Waals surface area contributed by atoms with Crippen LogP contribution in [0.15, 0.2) is 59.4 Å². The van der Waals surface area contributed by atoms with Crippen LogP contribution in [0.4, 0.5) is 22.9 Å². The lowest BCUT2D eigenvalue weighted by Gasteiger charge is -2.33. The highest BCUT2D eigenvalue weighted by atomic mass is 16.1. The molecule has 2 N–H and O–H groups in total. The van der Waals surface area contributed by atoms with Gasteiger partial charge in [0.2, 0.25) is 0 Å². The maximum Gasteiger partial charge on any atom is 0.277 e. The lowest BCUT2D eigenvalue weighted by molar-refractivity contribution is 0.112. The Kier molecular flexibility index (Phi) is 3.35. The number of fused-ring (bicyclic) bond motifs is 2. The Hall–Kier alpha value is -3.41. The van der Waals surface area contributed by atoms with Crippen molar-refractivity contribution < 1.29 is 4.79 Å². The molecule has 1 aromatic heterocycles. The van der Waals surface area contributed by atoms with Crippen LogP contribution in [0.25, 0.3) is 0 Å². The first-order chi connectivity index (χ1) is 11.8. The second kappa shape index (κ2) is 5.66. The molecular weight excluding hydrogens is 304 g/mol. The Morgan fingerprint density at radius 2 is 1.79 bits per heavy atom. The van der Waals surface area contributed by atoms with Gasteiger partial charge in [0.1, 0.15) is 11.3 Å². The topological polar surface area (TPSA) is 78.1 Å². The van der Waals surface area contributed by atoms with Crippen molar-refractivity contribution in [2.24, 2.45) is 0 Å². The first-order valence-corrected chi connectivity index (χ1v) is 7.53. The zero-order valence-electron chi connectivity index (χ0n) is 12.7. The highest BCUT2D eigenvalue weighted by Gasteiger charge is 2.27.